The molecule has 0 unspecified atom stereocenters. The van der Waals surface area contributed by atoms with Gasteiger partial charge in [-0.2, -0.15) is 10.2 Å². The molecule has 0 aliphatic carbocycles. The molecule has 0 amide bonds. The summed E-state index contributed by atoms with van der Waals surface area (Å²) in [5.41, 5.74) is 1.75. The normalized spacial score (nSPS) is 10.4. The second-order valence-corrected chi connectivity index (χ2v) is 5.94. The van der Waals surface area contributed by atoms with Gasteiger partial charge in [0.25, 0.3) is 5.88 Å². The van der Waals surface area contributed by atoms with Crippen molar-refractivity contribution in [3.63, 3.8) is 0 Å². The maximum atomic E-state index is 10.5. The van der Waals surface area contributed by atoms with Gasteiger partial charge in [0.05, 0.1) is 24.8 Å². The molecular weight excluding hydrogens is 428 g/mol. The molecule has 2 aromatic carbocycles. The number of hydrogen-bond acceptors (Lipinski definition) is 9. The van der Waals surface area contributed by atoms with Crippen molar-refractivity contribution in [2.75, 3.05) is 14.1 Å². The molecule has 0 saturated heterocycles. The van der Waals surface area contributed by atoms with Crippen molar-refractivity contribution in [2.24, 2.45) is 5.28 Å². The average molecular weight is 445 g/mol. The van der Waals surface area contributed by atoms with Crippen LogP contribution in [-0.2, 0) is 0 Å². The highest BCUT2D eigenvalue weighted by molar-refractivity contribution is 6.34. The molecule has 0 spiro atoms. The molecule has 0 bridgehead atoms. The number of nitrogens with one attached hydrogen (secondary N) is 1. The molecule has 13 heteroatoms. The number of hydrogen-bond donors (Lipinski definition) is 1. The molecule has 0 aliphatic rings. The van der Waals surface area contributed by atoms with Crippen LogP contribution in [0.25, 0.3) is 21.5 Å². The van der Waals surface area contributed by atoms with Gasteiger partial charge in [-0.3, -0.25) is 4.84 Å². The standard InChI is InChI=1S/C9H8N4O2.C8H5ClN2.CH4N2O2/c1-13(14)12-15-9-8-5-3-2-4-7(8)6-10-11-9;9-8-7-4-2-1-3-6(7)5-10-11-8;1-2-3(4)5/h2-6H,1H3;1-5H;2H,1H3. The van der Waals surface area contributed by atoms with Crippen molar-refractivity contribution in [3.05, 3.63) is 81.4 Å². The minimum absolute atomic E-state index is 0.218. The Morgan fingerprint density at radius 3 is 2.03 bits per heavy atom. The fraction of sp³-hybridized carbons (Fsp3) is 0.111. The van der Waals surface area contributed by atoms with Crippen LogP contribution in [0.4, 0.5) is 0 Å². The highest BCUT2D eigenvalue weighted by atomic mass is 35.5. The topological polar surface area (TPSA) is 154 Å². The quantitative estimate of drug-likeness (QED) is 0.217. The van der Waals surface area contributed by atoms with Crippen LogP contribution < -0.4 is 10.3 Å². The van der Waals surface area contributed by atoms with Gasteiger partial charge in [-0.05, 0) is 6.07 Å². The number of rotatable bonds is 3. The zero-order chi connectivity index (χ0) is 22.6. The second-order valence-electron chi connectivity index (χ2n) is 5.58. The van der Waals surface area contributed by atoms with E-state index < -0.39 is 5.03 Å². The predicted octanol–water partition coefficient (Wildman–Crippen LogP) is 3.20. The van der Waals surface area contributed by atoms with E-state index in [2.05, 4.69) is 25.7 Å². The number of hydrazine groups is 1. The Hall–Kier alpha value is -4.19. The maximum Gasteiger partial charge on any atom is 0.281 e. The zero-order valence-electron chi connectivity index (χ0n) is 16.4. The fourth-order valence-corrected chi connectivity index (χ4v) is 2.37. The molecule has 0 fully saturated rings. The van der Waals surface area contributed by atoms with Crippen molar-refractivity contribution in [1.82, 2.24) is 25.8 Å². The van der Waals surface area contributed by atoms with E-state index in [0.29, 0.717) is 10.0 Å². The van der Waals surface area contributed by atoms with E-state index in [4.69, 9.17) is 26.6 Å². The second kappa shape index (κ2) is 11.7. The first kappa shape index (κ1) is 23.1. The molecule has 0 saturated carbocycles. The van der Waals surface area contributed by atoms with Crippen LogP contribution in [-0.4, -0.2) is 44.4 Å². The van der Waals surface area contributed by atoms with Crippen molar-refractivity contribution >= 4 is 33.1 Å². The van der Waals surface area contributed by atoms with Crippen LogP contribution in [0.3, 0.4) is 0 Å². The maximum absolute atomic E-state index is 10.5. The van der Waals surface area contributed by atoms with Crippen molar-refractivity contribution in [1.29, 1.82) is 0 Å². The third kappa shape index (κ3) is 7.29. The molecule has 160 valence electrons. The third-order valence-corrected chi connectivity index (χ3v) is 3.77. The van der Waals surface area contributed by atoms with E-state index in [1.54, 1.807) is 17.8 Å². The van der Waals surface area contributed by atoms with Gasteiger partial charge in [-0.25, -0.2) is 10.1 Å². The van der Waals surface area contributed by atoms with Gasteiger partial charge < -0.3 is 5.21 Å². The van der Waals surface area contributed by atoms with Gasteiger partial charge in [-0.1, -0.05) is 58.9 Å². The van der Waals surface area contributed by atoms with Gasteiger partial charge in [0.1, 0.15) is 0 Å². The lowest BCUT2D eigenvalue weighted by molar-refractivity contribution is -0.538. The number of aromatic nitrogens is 4. The van der Waals surface area contributed by atoms with E-state index in [1.165, 1.54) is 14.1 Å². The highest BCUT2D eigenvalue weighted by Crippen LogP contribution is 2.21. The summed E-state index contributed by atoms with van der Waals surface area (Å²) in [6, 6.07) is 15.2. The monoisotopic (exact) mass is 444 g/mol. The largest absolute Gasteiger partial charge is 0.598 e. The summed E-state index contributed by atoms with van der Waals surface area (Å²) in [5.74, 6) is 0.218. The van der Waals surface area contributed by atoms with E-state index in [0.717, 1.165) is 21.5 Å². The van der Waals surface area contributed by atoms with E-state index in [9.17, 15) is 5.21 Å². The van der Waals surface area contributed by atoms with Crippen molar-refractivity contribution < 1.29 is 14.7 Å². The molecule has 1 N–H and O–H groups in total. The Morgan fingerprint density at radius 2 is 1.48 bits per heavy atom. The molecule has 12 nitrogen and oxygen atoms in total. The fourth-order valence-electron chi connectivity index (χ4n) is 2.16. The lowest BCUT2D eigenvalue weighted by Crippen LogP contribution is -2.13. The van der Waals surface area contributed by atoms with Gasteiger partial charge in [-0.15, -0.1) is 15.6 Å². The van der Waals surface area contributed by atoms with E-state index in [-0.39, 0.29) is 5.88 Å². The summed E-state index contributed by atoms with van der Waals surface area (Å²) in [7, 11) is 2.47. The first-order valence-corrected chi connectivity index (χ1v) is 8.97. The molecular formula is C18H17ClN8O4. The first-order valence-electron chi connectivity index (χ1n) is 8.59. The molecule has 4 aromatic rings. The van der Waals surface area contributed by atoms with E-state index >= 15 is 0 Å². The molecule has 0 radical (unpaired) electrons. The Bertz CT molecular complexity index is 1180. The minimum atomic E-state index is -0.625. The number of hydroxylamine groups is 1. The Morgan fingerprint density at radius 1 is 0.968 bits per heavy atom. The highest BCUT2D eigenvalue weighted by Gasteiger charge is 2.04. The summed E-state index contributed by atoms with van der Waals surface area (Å²) in [6.45, 7) is 0. The molecule has 31 heavy (non-hydrogen) atoms. The average Bonchev–Trinajstić information content (AvgIpc) is 2.79. The summed E-state index contributed by atoms with van der Waals surface area (Å²) in [5, 5.41) is 41.2. The van der Waals surface area contributed by atoms with Crippen LogP contribution in [0, 0.1) is 15.3 Å². The molecule has 0 atom stereocenters. The minimum Gasteiger partial charge on any atom is -0.598 e. The van der Waals surface area contributed by atoms with Gasteiger partial charge in [0.15, 0.2) is 17.2 Å². The summed E-state index contributed by atoms with van der Waals surface area (Å²) >= 11 is 5.78. The lowest BCUT2D eigenvalue weighted by atomic mass is 10.2. The molecule has 2 aromatic heterocycles. The number of halogens is 1. The Balaban J connectivity index is 0.000000187. The molecule has 4 rings (SSSR count). The smallest absolute Gasteiger partial charge is 0.281 e. The van der Waals surface area contributed by atoms with Gasteiger partial charge in [0.2, 0.25) is 5.28 Å². The lowest BCUT2D eigenvalue weighted by Gasteiger charge is -1.99. The summed E-state index contributed by atoms with van der Waals surface area (Å²) < 4.78 is 0. The van der Waals surface area contributed by atoms with Gasteiger partial charge in [0, 0.05) is 16.2 Å². The van der Waals surface area contributed by atoms with Crippen molar-refractivity contribution in [3.8, 4) is 5.88 Å². The number of fused-ring (bicyclic) bond motifs is 2. The summed E-state index contributed by atoms with van der Waals surface area (Å²) in [4.78, 5) is 14.2. The van der Waals surface area contributed by atoms with Crippen molar-refractivity contribution in [2.45, 2.75) is 0 Å². The molecule has 0 aliphatic heterocycles. The Labute approximate surface area is 180 Å². The van der Waals surface area contributed by atoms with Crippen LogP contribution in [0.1, 0.15) is 0 Å². The third-order valence-electron chi connectivity index (χ3n) is 3.49. The zero-order valence-corrected chi connectivity index (χ0v) is 17.2. The van der Waals surface area contributed by atoms with E-state index in [1.807, 2.05) is 48.5 Å². The predicted molar refractivity (Wildman–Crippen MR) is 113 cm³/mol. The molecule has 2 heterocycles. The Kier molecular flexibility index (Phi) is 8.73. The number of nitrogens with zero attached hydrogens (tertiary/aromatic N) is 7. The van der Waals surface area contributed by atoms with Crippen LogP contribution in [0.2, 0.25) is 5.15 Å². The van der Waals surface area contributed by atoms with Crippen LogP contribution >= 0.6 is 11.6 Å². The van der Waals surface area contributed by atoms with Crippen LogP contribution in [0.5, 0.6) is 5.88 Å². The summed E-state index contributed by atoms with van der Waals surface area (Å²) in [6.07, 6.45) is 3.31. The van der Waals surface area contributed by atoms with Gasteiger partial charge >= 0.3 is 0 Å². The number of benzene rings is 2. The van der Waals surface area contributed by atoms with Crippen LogP contribution in [0.15, 0.2) is 66.2 Å². The first-order chi connectivity index (χ1) is 14.9. The number of nitro groups is 1. The SMILES string of the molecule is CN[N+](=O)[O-].C[N+]([O-])=NOc1nncc2ccccc12.Clc1nncc2ccccc12.